The van der Waals surface area contributed by atoms with Gasteiger partial charge in [-0.05, 0) is 53.2 Å². The maximum absolute atomic E-state index is 12.8. The van der Waals surface area contributed by atoms with Crippen LogP contribution < -0.4 is 0 Å². The summed E-state index contributed by atoms with van der Waals surface area (Å²) >= 11 is 0. The summed E-state index contributed by atoms with van der Waals surface area (Å²) in [5, 5.41) is 0. The van der Waals surface area contributed by atoms with Gasteiger partial charge in [0.1, 0.15) is 5.60 Å². The molecule has 23 heavy (non-hydrogen) atoms. The zero-order valence-corrected chi connectivity index (χ0v) is 15.2. The Balaban J connectivity index is 2.18. The third-order valence-electron chi connectivity index (χ3n) is 3.89. The SMILES string of the molecule is Cc1ccc(S(=O)(=O)N2C[C@@H](C(=O)OC(C)(C)C)C[C@H]2C)cc1. The van der Waals surface area contributed by atoms with E-state index in [0.717, 1.165) is 5.56 Å². The summed E-state index contributed by atoms with van der Waals surface area (Å²) in [6, 6.07) is 6.55. The molecule has 1 saturated heterocycles. The van der Waals surface area contributed by atoms with E-state index in [1.165, 1.54) is 4.31 Å². The molecule has 1 aromatic carbocycles. The molecule has 0 amide bonds. The molecular formula is C17H25NO4S. The Morgan fingerprint density at radius 1 is 1.22 bits per heavy atom. The van der Waals surface area contributed by atoms with Crippen molar-refractivity contribution in [2.45, 2.75) is 57.6 Å². The first-order chi connectivity index (χ1) is 10.5. The van der Waals surface area contributed by atoms with Crippen LogP contribution in [0.3, 0.4) is 0 Å². The van der Waals surface area contributed by atoms with Gasteiger partial charge in [0.25, 0.3) is 0 Å². The van der Waals surface area contributed by atoms with Crippen molar-refractivity contribution in [3.63, 3.8) is 0 Å². The van der Waals surface area contributed by atoms with Crippen molar-refractivity contribution in [1.82, 2.24) is 4.31 Å². The Kier molecular flexibility index (Phi) is 4.87. The Morgan fingerprint density at radius 3 is 2.30 bits per heavy atom. The van der Waals surface area contributed by atoms with Crippen LogP contribution in [0.5, 0.6) is 0 Å². The quantitative estimate of drug-likeness (QED) is 0.794. The van der Waals surface area contributed by atoms with E-state index in [1.54, 1.807) is 24.3 Å². The molecule has 1 aromatic rings. The minimum Gasteiger partial charge on any atom is -0.460 e. The van der Waals surface area contributed by atoms with Gasteiger partial charge in [-0.3, -0.25) is 4.79 Å². The Bertz CT molecular complexity index is 674. The maximum atomic E-state index is 12.8. The van der Waals surface area contributed by atoms with Gasteiger partial charge in [-0.1, -0.05) is 17.7 Å². The highest BCUT2D eigenvalue weighted by atomic mass is 32.2. The highest BCUT2D eigenvalue weighted by Gasteiger charge is 2.42. The average Bonchev–Trinajstić information content (AvgIpc) is 2.80. The molecule has 2 atom stereocenters. The number of rotatable bonds is 3. The summed E-state index contributed by atoms with van der Waals surface area (Å²) in [4.78, 5) is 12.5. The standard InChI is InChI=1S/C17H25NO4S/c1-12-6-8-15(9-7-12)23(20,21)18-11-14(10-13(18)2)16(19)22-17(3,4)5/h6-9,13-14H,10-11H2,1-5H3/t13-,14+/m1/s1. The van der Waals surface area contributed by atoms with E-state index in [1.807, 2.05) is 34.6 Å². The first kappa shape index (κ1) is 17.9. The summed E-state index contributed by atoms with van der Waals surface area (Å²) in [5.74, 6) is -0.740. The second kappa shape index (κ2) is 6.24. The van der Waals surface area contributed by atoms with Crippen LogP contribution in [-0.4, -0.2) is 36.9 Å². The number of hydrogen-bond donors (Lipinski definition) is 0. The first-order valence-electron chi connectivity index (χ1n) is 7.82. The lowest BCUT2D eigenvalue weighted by Gasteiger charge is -2.22. The van der Waals surface area contributed by atoms with Crippen molar-refractivity contribution in [1.29, 1.82) is 0 Å². The summed E-state index contributed by atoms with van der Waals surface area (Å²) in [5.41, 5.74) is 0.439. The molecule has 1 aliphatic heterocycles. The number of carbonyl (C=O) groups excluding carboxylic acids is 1. The molecule has 0 unspecified atom stereocenters. The lowest BCUT2D eigenvalue weighted by molar-refractivity contribution is -0.159. The molecule has 0 saturated carbocycles. The third-order valence-corrected chi connectivity index (χ3v) is 5.88. The fourth-order valence-corrected chi connectivity index (χ4v) is 4.42. The van der Waals surface area contributed by atoms with Crippen LogP contribution in [0.15, 0.2) is 29.2 Å². The molecular weight excluding hydrogens is 314 g/mol. The molecule has 0 aliphatic carbocycles. The van der Waals surface area contributed by atoms with Gasteiger partial charge in [0.2, 0.25) is 10.0 Å². The number of benzene rings is 1. The summed E-state index contributed by atoms with van der Waals surface area (Å²) in [7, 11) is -3.59. The fourth-order valence-electron chi connectivity index (χ4n) is 2.74. The van der Waals surface area contributed by atoms with Crippen molar-refractivity contribution >= 4 is 16.0 Å². The van der Waals surface area contributed by atoms with Crippen molar-refractivity contribution < 1.29 is 17.9 Å². The van der Waals surface area contributed by atoms with Crippen LogP contribution in [-0.2, 0) is 19.6 Å². The minimum absolute atomic E-state index is 0.173. The second-order valence-corrected chi connectivity index (χ2v) is 9.09. The Morgan fingerprint density at radius 2 is 1.78 bits per heavy atom. The molecule has 6 heteroatoms. The van der Waals surface area contributed by atoms with E-state index < -0.39 is 21.5 Å². The third kappa shape index (κ3) is 4.12. The summed E-state index contributed by atoms with van der Waals surface area (Å²) < 4.78 is 32.4. The number of ether oxygens (including phenoxy) is 1. The largest absolute Gasteiger partial charge is 0.460 e. The highest BCUT2D eigenvalue weighted by Crippen LogP contribution is 2.31. The normalized spacial score (nSPS) is 23.0. The lowest BCUT2D eigenvalue weighted by atomic mass is 10.1. The molecule has 1 heterocycles. The average molecular weight is 339 g/mol. The number of hydrogen-bond acceptors (Lipinski definition) is 4. The predicted molar refractivity (Wildman–Crippen MR) is 88.5 cm³/mol. The molecule has 0 radical (unpaired) electrons. The van der Waals surface area contributed by atoms with Gasteiger partial charge in [-0.15, -0.1) is 0 Å². The first-order valence-corrected chi connectivity index (χ1v) is 9.26. The van der Waals surface area contributed by atoms with Gasteiger partial charge in [0.05, 0.1) is 10.8 Å². The molecule has 128 valence electrons. The van der Waals surface area contributed by atoms with Gasteiger partial charge in [0, 0.05) is 12.6 Å². The van der Waals surface area contributed by atoms with Crippen LogP contribution in [0, 0.1) is 12.8 Å². The van der Waals surface area contributed by atoms with Crippen molar-refractivity contribution in [3.05, 3.63) is 29.8 Å². The van der Waals surface area contributed by atoms with Gasteiger partial charge >= 0.3 is 5.97 Å². The maximum Gasteiger partial charge on any atom is 0.310 e. The van der Waals surface area contributed by atoms with Gasteiger partial charge in [-0.25, -0.2) is 8.42 Å². The van der Waals surface area contributed by atoms with E-state index in [4.69, 9.17) is 4.74 Å². The number of nitrogens with zero attached hydrogens (tertiary/aromatic N) is 1. The van der Waals surface area contributed by atoms with E-state index in [9.17, 15) is 13.2 Å². The van der Waals surface area contributed by atoms with Crippen LogP contribution >= 0.6 is 0 Å². The van der Waals surface area contributed by atoms with Crippen molar-refractivity contribution in [2.24, 2.45) is 5.92 Å². The summed E-state index contributed by atoms with van der Waals surface area (Å²) in [6.45, 7) is 9.34. The number of aryl methyl sites for hydroxylation is 1. The number of carbonyl (C=O) groups is 1. The fraction of sp³-hybridized carbons (Fsp3) is 0.588. The van der Waals surface area contributed by atoms with Crippen molar-refractivity contribution in [2.75, 3.05) is 6.54 Å². The molecule has 0 spiro atoms. The smallest absolute Gasteiger partial charge is 0.310 e. The zero-order valence-electron chi connectivity index (χ0n) is 14.4. The Hall–Kier alpha value is -1.40. The predicted octanol–water partition coefficient (Wildman–Crippen LogP) is 2.74. The van der Waals surface area contributed by atoms with Crippen LogP contribution in [0.2, 0.25) is 0 Å². The lowest BCUT2D eigenvalue weighted by Crippen LogP contribution is -2.35. The highest BCUT2D eigenvalue weighted by molar-refractivity contribution is 7.89. The molecule has 1 aliphatic rings. The molecule has 2 rings (SSSR count). The molecule has 1 fully saturated rings. The van der Waals surface area contributed by atoms with Gasteiger partial charge in [0.15, 0.2) is 0 Å². The monoisotopic (exact) mass is 339 g/mol. The zero-order chi connectivity index (χ0) is 17.4. The van der Waals surface area contributed by atoms with Crippen LogP contribution in [0.25, 0.3) is 0 Å². The van der Waals surface area contributed by atoms with Crippen LogP contribution in [0.1, 0.15) is 39.7 Å². The number of sulfonamides is 1. The van der Waals surface area contributed by atoms with Gasteiger partial charge in [-0.2, -0.15) is 4.31 Å². The Labute approximate surface area is 138 Å². The molecule has 0 bridgehead atoms. The topological polar surface area (TPSA) is 63.7 Å². The van der Waals surface area contributed by atoms with Crippen molar-refractivity contribution in [3.8, 4) is 0 Å². The summed E-state index contributed by atoms with van der Waals surface area (Å²) in [6.07, 6.45) is 0.486. The van der Waals surface area contributed by atoms with E-state index in [-0.39, 0.29) is 23.5 Å². The number of esters is 1. The van der Waals surface area contributed by atoms with E-state index in [0.29, 0.717) is 6.42 Å². The second-order valence-electron chi connectivity index (χ2n) is 7.20. The van der Waals surface area contributed by atoms with E-state index >= 15 is 0 Å². The minimum atomic E-state index is -3.59. The molecule has 0 aromatic heterocycles. The van der Waals surface area contributed by atoms with Gasteiger partial charge < -0.3 is 4.74 Å². The van der Waals surface area contributed by atoms with E-state index in [2.05, 4.69) is 0 Å². The molecule has 0 N–H and O–H groups in total. The molecule has 5 nitrogen and oxygen atoms in total. The van der Waals surface area contributed by atoms with Crippen LogP contribution in [0.4, 0.5) is 0 Å².